The van der Waals surface area contributed by atoms with E-state index in [-0.39, 0.29) is 11.5 Å². The Morgan fingerprint density at radius 1 is 1.58 bits per heavy atom. The molecule has 0 aromatic carbocycles. The predicted octanol–water partition coefficient (Wildman–Crippen LogP) is 0.706. The fourth-order valence-corrected chi connectivity index (χ4v) is 4.60. The fourth-order valence-electron chi connectivity index (χ4n) is 1.73. The number of rotatable bonds is 5. The smallest absolute Gasteiger partial charge is 0.242 e. The van der Waals surface area contributed by atoms with Crippen molar-refractivity contribution < 1.29 is 13.5 Å². The van der Waals surface area contributed by atoms with E-state index in [0.29, 0.717) is 16.3 Å². The van der Waals surface area contributed by atoms with E-state index in [9.17, 15) is 13.5 Å². The van der Waals surface area contributed by atoms with Crippen LogP contribution in [-0.4, -0.2) is 28.7 Å². The number of nitrogens with one attached hydrogen (secondary N) is 2. The van der Waals surface area contributed by atoms with Crippen LogP contribution in [0.3, 0.4) is 0 Å². The van der Waals surface area contributed by atoms with Gasteiger partial charge < -0.3 is 5.11 Å². The number of thiophene rings is 1. The fraction of sp³-hybridized carbons (Fsp3) is 0.400. The molecule has 2 aromatic heterocycles. The Kier molecular flexibility index (Phi) is 3.99. The minimum atomic E-state index is -3.70. The summed E-state index contributed by atoms with van der Waals surface area (Å²) in [4.78, 5) is 4.48. The van der Waals surface area contributed by atoms with Gasteiger partial charge in [0.25, 0.3) is 0 Å². The van der Waals surface area contributed by atoms with Gasteiger partial charge in [0.05, 0.1) is 17.5 Å². The van der Waals surface area contributed by atoms with Crippen LogP contribution < -0.4 is 4.72 Å². The zero-order chi connectivity index (χ0) is 14.0. The topological polar surface area (TPSA) is 108 Å². The number of aromatic nitrogens is 3. The largest absolute Gasteiger partial charge is 0.391 e. The third-order valence-corrected chi connectivity index (χ3v) is 5.57. The van der Waals surface area contributed by atoms with Gasteiger partial charge in [-0.3, -0.25) is 5.10 Å². The molecule has 0 fully saturated rings. The van der Waals surface area contributed by atoms with Crippen LogP contribution in [0, 0.1) is 6.92 Å². The maximum Gasteiger partial charge on any atom is 0.242 e. The first-order chi connectivity index (χ1) is 8.95. The van der Waals surface area contributed by atoms with Crippen molar-refractivity contribution in [1.29, 1.82) is 0 Å². The summed E-state index contributed by atoms with van der Waals surface area (Å²) >= 11 is 1.22. The molecule has 2 heterocycles. The molecule has 0 saturated carbocycles. The highest BCUT2D eigenvalue weighted by Crippen LogP contribution is 2.27. The van der Waals surface area contributed by atoms with Crippen molar-refractivity contribution in [2.75, 3.05) is 0 Å². The lowest BCUT2D eigenvalue weighted by Gasteiger charge is -2.12. The molecule has 2 rings (SSSR count). The minimum Gasteiger partial charge on any atom is -0.391 e. The molecule has 3 N–H and O–H groups in total. The van der Waals surface area contributed by atoms with Gasteiger partial charge in [-0.2, -0.15) is 5.10 Å². The second-order valence-electron chi connectivity index (χ2n) is 4.04. The first-order valence-corrected chi connectivity index (χ1v) is 7.87. The summed E-state index contributed by atoms with van der Waals surface area (Å²) in [5, 5.41) is 17.2. The SMILES string of the molecule is Cc1csc(CO)c1S(=O)(=O)NC(C)c1ncn[nH]1. The van der Waals surface area contributed by atoms with Gasteiger partial charge >= 0.3 is 0 Å². The van der Waals surface area contributed by atoms with E-state index in [1.54, 1.807) is 19.2 Å². The van der Waals surface area contributed by atoms with Gasteiger partial charge in [-0.15, -0.1) is 11.3 Å². The van der Waals surface area contributed by atoms with Crippen LogP contribution in [0.4, 0.5) is 0 Å². The summed E-state index contributed by atoms with van der Waals surface area (Å²) in [6, 6.07) is -0.529. The van der Waals surface area contributed by atoms with Crippen LogP contribution in [-0.2, 0) is 16.6 Å². The number of sulfonamides is 1. The third-order valence-electron chi connectivity index (χ3n) is 2.58. The highest BCUT2D eigenvalue weighted by molar-refractivity contribution is 7.89. The first-order valence-electron chi connectivity index (χ1n) is 5.51. The molecule has 0 bridgehead atoms. The Morgan fingerprint density at radius 2 is 2.32 bits per heavy atom. The Hall–Kier alpha value is -1.29. The predicted molar refractivity (Wildman–Crippen MR) is 70.1 cm³/mol. The number of aliphatic hydroxyl groups is 1. The van der Waals surface area contributed by atoms with Crippen LogP contribution in [0.15, 0.2) is 16.6 Å². The summed E-state index contributed by atoms with van der Waals surface area (Å²) in [5.74, 6) is 0.432. The molecule has 104 valence electrons. The van der Waals surface area contributed by atoms with Crippen molar-refractivity contribution in [3.63, 3.8) is 0 Å². The van der Waals surface area contributed by atoms with Crippen molar-refractivity contribution in [3.8, 4) is 0 Å². The maximum atomic E-state index is 12.3. The first kappa shape index (κ1) is 14.1. The summed E-state index contributed by atoms with van der Waals surface area (Å²) in [6.07, 6.45) is 1.31. The lowest BCUT2D eigenvalue weighted by atomic mass is 10.3. The average Bonchev–Trinajstić information content (AvgIpc) is 2.96. The van der Waals surface area contributed by atoms with Crippen LogP contribution in [0.1, 0.15) is 29.2 Å². The van der Waals surface area contributed by atoms with Gasteiger partial charge in [0.15, 0.2) is 0 Å². The number of aryl methyl sites for hydroxylation is 1. The van der Waals surface area contributed by atoms with E-state index in [1.165, 1.54) is 17.7 Å². The van der Waals surface area contributed by atoms with Crippen molar-refractivity contribution >= 4 is 21.4 Å². The van der Waals surface area contributed by atoms with Crippen molar-refractivity contribution in [2.24, 2.45) is 0 Å². The second kappa shape index (κ2) is 5.37. The number of aliphatic hydroxyl groups excluding tert-OH is 1. The number of hydrogen-bond acceptors (Lipinski definition) is 6. The van der Waals surface area contributed by atoms with E-state index >= 15 is 0 Å². The third kappa shape index (κ3) is 2.84. The van der Waals surface area contributed by atoms with Crippen LogP contribution in [0.2, 0.25) is 0 Å². The zero-order valence-electron chi connectivity index (χ0n) is 10.4. The van der Waals surface area contributed by atoms with Crippen molar-refractivity contribution in [2.45, 2.75) is 31.4 Å². The molecular weight excluding hydrogens is 288 g/mol. The molecule has 1 unspecified atom stereocenters. The summed E-state index contributed by atoms with van der Waals surface area (Å²) < 4.78 is 27.2. The quantitative estimate of drug-likeness (QED) is 0.753. The normalized spacial score (nSPS) is 13.6. The molecule has 0 aliphatic carbocycles. The lowest BCUT2D eigenvalue weighted by Crippen LogP contribution is -2.28. The van der Waals surface area contributed by atoms with Crippen LogP contribution in [0.25, 0.3) is 0 Å². The van der Waals surface area contributed by atoms with Gasteiger partial charge in [-0.1, -0.05) is 0 Å². The van der Waals surface area contributed by atoms with Gasteiger partial charge in [0, 0.05) is 0 Å². The van der Waals surface area contributed by atoms with Crippen molar-refractivity contribution in [3.05, 3.63) is 28.0 Å². The van der Waals surface area contributed by atoms with Crippen LogP contribution >= 0.6 is 11.3 Å². The number of nitrogens with zero attached hydrogens (tertiary/aromatic N) is 2. The molecule has 0 amide bonds. The number of H-pyrrole nitrogens is 1. The monoisotopic (exact) mass is 302 g/mol. The minimum absolute atomic E-state index is 0.145. The molecule has 0 spiro atoms. The molecule has 7 nitrogen and oxygen atoms in total. The van der Waals surface area contributed by atoms with Crippen LogP contribution in [0.5, 0.6) is 0 Å². The zero-order valence-corrected chi connectivity index (χ0v) is 12.0. The Labute approximate surface area is 114 Å². The lowest BCUT2D eigenvalue weighted by molar-refractivity contribution is 0.282. The molecule has 2 aromatic rings. The standard InChI is InChI=1S/C10H14N4O3S2/c1-6-4-18-8(3-15)9(6)19(16,17)14-7(2)10-11-5-12-13-10/h4-5,7,14-15H,3H2,1-2H3,(H,11,12,13). The van der Waals surface area contributed by atoms with Gasteiger partial charge in [0.2, 0.25) is 10.0 Å². The molecule has 1 atom stereocenters. The highest BCUT2D eigenvalue weighted by atomic mass is 32.2. The Morgan fingerprint density at radius 3 is 2.89 bits per heavy atom. The highest BCUT2D eigenvalue weighted by Gasteiger charge is 2.25. The maximum absolute atomic E-state index is 12.3. The molecule has 19 heavy (non-hydrogen) atoms. The molecule has 0 aliphatic heterocycles. The summed E-state index contributed by atoms with van der Waals surface area (Å²) in [5.41, 5.74) is 0.617. The van der Waals surface area contributed by atoms with Crippen molar-refractivity contribution in [1.82, 2.24) is 19.9 Å². The van der Waals surface area contributed by atoms with Gasteiger partial charge in [-0.25, -0.2) is 18.1 Å². The molecule has 9 heteroatoms. The van der Waals surface area contributed by atoms with E-state index in [1.807, 2.05) is 0 Å². The average molecular weight is 302 g/mol. The van der Waals surface area contributed by atoms with E-state index in [4.69, 9.17) is 0 Å². The molecule has 0 radical (unpaired) electrons. The molecular formula is C10H14N4O3S2. The molecule has 0 aliphatic rings. The summed E-state index contributed by atoms with van der Waals surface area (Å²) in [6.45, 7) is 3.06. The summed E-state index contributed by atoms with van der Waals surface area (Å²) in [7, 11) is -3.70. The van der Waals surface area contributed by atoms with Gasteiger partial charge in [0.1, 0.15) is 17.0 Å². The van der Waals surface area contributed by atoms with E-state index in [2.05, 4.69) is 19.9 Å². The number of hydrogen-bond donors (Lipinski definition) is 3. The molecule has 0 saturated heterocycles. The Balaban J connectivity index is 2.30. The van der Waals surface area contributed by atoms with Gasteiger partial charge in [-0.05, 0) is 24.8 Å². The Bertz CT molecular complexity index is 648. The van der Waals surface area contributed by atoms with E-state index < -0.39 is 16.1 Å². The number of aromatic amines is 1. The second-order valence-corrected chi connectivity index (χ2v) is 6.66. The van der Waals surface area contributed by atoms with E-state index in [0.717, 1.165) is 0 Å².